The van der Waals surface area contributed by atoms with Gasteiger partial charge in [-0.25, -0.2) is 0 Å². The van der Waals surface area contributed by atoms with Crippen LogP contribution in [0.25, 0.3) is 0 Å². The van der Waals surface area contributed by atoms with Crippen LogP contribution in [0.15, 0.2) is 23.1 Å². The molecule has 2 N–H and O–H groups in total. The number of alkyl halides is 1. The highest BCUT2D eigenvalue weighted by Gasteiger charge is 2.08. The van der Waals surface area contributed by atoms with Crippen LogP contribution >= 0.6 is 11.6 Å². The number of aromatic nitrogens is 1. The molecular weight excluding hydrogens is 232 g/mol. The summed E-state index contributed by atoms with van der Waals surface area (Å²) in [6.07, 6.45) is 1.36. The zero-order chi connectivity index (χ0) is 12.0. The molecule has 0 radical (unpaired) electrons. The Morgan fingerprint density at radius 2 is 2.38 bits per heavy atom. The number of halogens is 1. The summed E-state index contributed by atoms with van der Waals surface area (Å²) in [6, 6.07) is 2.75. The summed E-state index contributed by atoms with van der Waals surface area (Å²) >= 11 is 5.84. The summed E-state index contributed by atoms with van der Waals surface area (Å²) < 4.78 is 4.83. The zero-order valence-electron chi connectivity index (χ0n) is 8.83. The molecule has 1 rings (SSSR count). The molecule has 0 saturated heterocycles. The molecule has 1 atom stereocenters. The monoisotopic (exact) mass is 244 g/mol. The van der Waals surface area contributed by atoms with Gasteiger partial charge in [0.15, 0.2) is 0 Å². The number of carbonyl (C=O) groups excluding carboxylic acids is 1. The summed E-state index contributed by atoms with van der Waals surface area (Å²) in [6.45, 7) is 0.681. The van der Waals surface area contributed by atoms with Gasteiger partial charge < -0.3 is 15.0 Å². The predicted molar refractivity (Wildman–Crippen MR) is 60.9 cm³/mol. The summed E-state index contributed by atoms with van der Waals surface area (Å²) in [4.78, 5) is 24.7. The van der Waals surface area contributed by atoms with Gasteiger partial charge in [-0.05, 0) is 6.07 Å². The van der Waals surface area contributed by atoms with Crippen molar-refractivity contribution in [1.29, 1.82) is 0 Å². The first-order valence-electron chi connectivity index (χ1n) is 4.73. The summed E-state index contributed by atoms with van der Waals surface area (Å²) in [7, 11) is 1.54. The molecule has 0 aliphatic heterocycles. The van der Waals surface area contributed by atoms with Crippen LogP contribution in [0.5, 0.6) is 0 Å². The van der Waals surface area contributed by atoms with Crippen LogP contribution in [-0.2, 0) is 4.74 Å². The third-order valence-corrected chi connectivity index (χ3v) is 2.16. The Hall–Kier alpha value is -1.33. The molecule has 1 aromatic rings. The highest BCUT2D eigenvalue weighted by molar-refractivity contribution is 6.21. The minimum Gasteiger partial charge on any atom is -0.383 e. The number of rotatable bonds is 5. The van der Waals surface area contributed by atoms with E-state index in [0.717, 1.165) is 0 Å². The number of methoxy groups -OCH3 is 1. The fraction of sp³-hybridized carbons (Fsp3) is 0.400. The number of carbonyl (C=O) groups is 1. The van der Waals surface area contributed by atoms with Crippen molar-refractivity contribution < 1.29 is 9.53 Å². The molecule has 5 nitrogen and oxygen atoms in total. The molecular formula is C10H13ClN2O3. The van der Waals surface area contributed by atoms with Gasteiger partial charge in [-0.15, -0.1) is 11.6 Å². The van der Waals surface area contributed by atoms with Gasteiger partial charge in [-0.1, -0.05) is 0 Å². The predicted octanol–water partition coefficient (Wildman–Crippen LogP) is 0.359. The van der Waals surface area contributed by atoms with Gasteiger partial charge in [0, 0.05) is 25.9 Å². The van der Waals surface area contributed by atoms with Crippen molar-refractivity contribution in [1.82, 2.24) is 10.3 Å². The highest BCUT2D eigenvalue weighted by atomic mass is 35.5. The van der Waals surface area contributed by atoms with Gasteiger partial charge in [-0.2, -0.15) is 0 Å². The second kappa shape index (κ2) is 6.30. The summed E-state index contributed by atoms with van der Waals surface area (Å²) in [5.74, 6) is -0.280. The molecule has 1 aromatic heterocycles. The Balaban J connectivity index is 2.46. The molecule has 1 unspecified atom stereocenters. The molecule has 1 amide bonds. The molecule has 88 valence electrons. The smallest absolute Gasteiger partial charge is 0.252 e. The number of hydrogen-bond donors (Lipinski definition) is 2. The number of aromatic amines is 1. The average molecular weight is 245 g/mol. The first-order chi connectivity index (χ1) is 7.63. The molecule has 0 spiro atoms. The molecule has 6 heteroatoms. The van der Waals surface area contributed by atoms with Crippen LogP contribution in [-0.4, -0.2) is 36.5 Å². The Kier molecular flexibility index (Phi) is 5.01. The average Bonchev–Trinajstić information content (AvgIpc) is 2.27. The lowest BCUT2D eigenvalue weighted by atomic mass is 10.2. The first kappa shape index (κ1) is 12.7. The van der Waals surface area contributed by atoms with E-state index >= 15 is 0 Å². The largest absolute Gasteiger partial charge is 0.383 e. The van der Waals surface area contributed by atoms with E-state index in [0.29, 0.717) is 18.7 Å². The first-order valence-corrected chi connectivity index (χ1v) is 5.17. The van der Waals surface area contributed by atoms with Crippen molar-refractivity contribution in [2.24, 2.45) is 0 Å². The van der Waals surface area contributed by atoms with E-state index in [1.54, 1.807) is 7.11 Å². The summed E-state index contributed by atoms with van der Waals surface area (Å²) in [5.41, 5.74) is 0.145. The molecule has 0 saturated carbocycles. The van der Waals surface area contributed by atoms with Crippen LogP contribution in [0.4, 0.5) is 0 Å². The van der Waals surface area contributed by atoms with Crippen molar-refractivity contribution >= 4 is 17.5 Å². The number of amides is 1. The second-order valence-electron chi connectivity index (χ2n) is 3.20. The normalized spacial score (nSPS) is 12.1. The molecule has 0 aromatic carbocycles. The third kappa shape index (κ3) is 4.04. The zero-order valence-corrected chi connectivity index (χ0v) is 9.58. The maximum atomic E-state index is 11.5. The Morgan fingerprint density at radius 1 is 1.62 bits per heavy atom. The van der Waals surface area contributed by atoms with E-state index in [-0.39, 0.29) is 16.8 Å². The van der Waals surface area contributed by atoms with Crippen molar-refractivity contribution in [2.75, 3.05) is 20.3 Å². The lowest BCUT2D eigenvalue weighted by Crippen LogP contribution is -2.31. The maximum Gasteiger partial charge on any atom is 0.252 e. The molecule has 0 bridgehead atoms. The standard InChI is InChI=1S/C10H13ClN2O3/c1-16-6-8(11)5-13-10(15)7-2-3-9(14)12-4-7/h2-4,8H,5-6H2,1H3,(H,12,14)(H,13,15). The van der Waals surface area contributed by atoms with E-state index in [4.69, 9.17) is 16.3 Å². The molecule has 0 aliphatic carbocycles. The number of ether oxygens (including phenoxy) is 1. The van der Waals surface area contributed by atoms with E-state index in [1.807, 2.05) is 0 Å². The minimum absolute atomic E-state index is 0.244. The molecule has 16 heavy (non-hydrogen) atoms. The number of H-pyrrole nitrogens is 1. The second-order valence-corrected chi connectivity index (χ2v) is 3.82. The lowest BCUT2D eigenvalue weighted by Gasteiger charge is -2.09. The lowest BCUT2D eigenvalue weighted by molar-refractivity contribution is 0.0949. The quantitative estimate of drug-likeness (QED) is 0.735. The van der Waals surface area contributed by atoms with E-state index < -0.39 is 0 Å². The van der Waals surface area contributed by atoms with Gasteiger partial charge in [0.2, 0.25) is 5.56 Å². The Bertz CT molecular complexity index is 385. The van der Waals surface area contributed by atoms with Crippen LogP contribution in [0.1, 0.15) is 10.4 Å². The topological polar surface area (TPSA) is 71.2 Å². The fourth-order valence-electron chi connectivity index (χ4n) is 1.10. The van der Waals surface area contributed by atoms with Gasteiger partial charge in [0.05, 0.1) is 17.5 Å². The van der Waals surface area contributed by atoms with E-state index in [9.17, 15) is 9.59 Å². The van der Waals surface area contributed by atoms with Crippen LogP contribution in [0.2, 0.25) is 0 Å². The van der Waals surface area contributed by atoms with Crippen LogP contribution < -0.4 is 10.9 Å². The van der Waals surface area contributed by atoms with Crippen molar-refractivity contribution in [3.8, 4) is 0 Å². The van der Waals surface area contributed by atoms with Gasteiger partial charge in [-0.3, -0.25) is 9.59 Å². The third-order valence-electron chi connectivity index (χ3n) is 1.88. The molecule has 0 aliphatic rings. The van der Waals surface area contributed by atoms with Crippen LogP contribution in [0.3, 0.4) is 0 Å². The summed E-state index contributed by atoms with van der Waals surface area (Å²) in [5, 5.41) is 2.36. The SMILES string of the molecule is COCC(Cl)CNC(=O)c1ccc(=O)[nH]c1. The van der Waals surface area contributed by atoms with Gasteiger partial charge in [0.25, 0.3) is 5.91 Å². The van der Waals surface area contributed by atoms with Crippen molar-refractivity contribution in [2.45, 2.75) is 5.38 Å². The molecule has 1 heterocycles. The highest BCUT2D eigenvalue weighted by Crippen LogP contribution is 1.96. The molecule has 0 fully saturated rings. The Morgan fingerprint density at radius 3 is 2.94 bits per heavy atom. The van der Waals surface area contributed by atoms with E-state index in [2.05, 4.69) is 10.3 Å². The van der Waals surface area contributed by atoms with Crippen molar-refractivity contribution in [3.63, 3.8) is 0 Å². The van der Waals surface area contributed by atoms with Crippen molar-refractivity contribution in [3.05, 3.63) is 34.2 Å². The van der Waals surface area contributed by atoms with E-state index in [1.165, 1.54) is 18.3 Å². The fourth-order valence-corrected chi connectivity index (χ4v) is 1.30. The number of nitrogens with one attached hydrogen (secondary N) is 2. The van der Waals surface area contributed by atoms with Crippen LogP contribution in [0, 0.1) is 0 Å². The minimum atomic E-state index is -0.280. The Labute approximate surface area is 97.8 Å². The van der Waals surface area contributed by atoms with Gasteiger partial charge >= 0.3 is 0 Å². The number of pyridine rings is 1. The number of hydrogen-bond acceptors (Lipinski definition) is 3. The van der Waals surface area contributed by atoms with Gasteiger partial charge in [0.1, 0.15) is 0 Å². The maximum absolute atomic E-state index is 11.5.